The van der Waals surface area contributed by atoms with E-state index in [1.165, 1.54) is 7.05 Å². The van der Waals surface area contributed by atoms with E-state index < -0.39 is 30.5 Å². The van der Waals surface area contributed by atoms with E-state index in [0.717, 1.165) is 0 Å². The van der Waals surface area contributed by atoms with Crippen molar-refractivity contribution in [3.8, 4) is 0 Å². The van der Waals surface area contributed by atoms with E-state index in [0.29, 0.717) is 5.56 Å². The number of carbonyl (C=O) groups is 2. The lowest BCUT2D eigenvalue weighted by Crippen LogP contribution is -2.50. The van der Waals surface area contributed by atoms with E-state index in [4.69, 9.17) is 10.8 Å². The van der Waals surface area contributed by atoms with Gasteiger partial charge >= 0.3 is 0 Å². The number of rotatable bonds is 5. The summed E-state index contributed by atoms with van der Waals surface area (Å²) in [4.78, 5) is 23.1. The Hall–Kier alpha value is -1.92. The van der Waals surface area contributed by atoms with Gasteiger partial charge in [0.2, 0.25) is 11.8 Å². The zero-order valence-corrected chi connectivity index (χ0v) is 10.1. The quantitative estimate of drug-likeness (QED) is 0.533. The number of aliphatic hydroxyl groups is 1. The second-order valence-electron chi connectivity index (χ2n) is 3.75. The van der Waals surface area contributed by atoms with E-state index in [2.05, 4.69) is 10.6 Å². The summed E-state index contributed by atoms with van der Waals surface area (Å²) in [5.41, 5.74) is 6.40. The Kier molecular flexibility index (Phi) is 5.29. The minimum atomic E-state index is -0.989. The second kappa shape index (κ2) is 6.73. The number of hydrogen-bond acceptors (Lipinski definition) is 4. The Morgan fingerprint density at radius 2 is 1.89 bits per heavy atom. The molecule has 18 heavy (non-hydrogen) atoms. The summed E-state index contributed by atoms with van der Waals surface area (Å²) in [5.74, 6) is -0.977. The molecule has 6 nitrogen and oxygen atoms in total. The van der Waals surface area contributed by atoms with Crippen molar-refractivity contribution in [1.29, 1.82) is 0 Å². The van der Waals surface area contributed by atoms with Gasteiger partial charge in [0.05, 0.1) is 6.61 Å². The molecule has 2 unspecified atom stereocenters. The highest BCUT2D eigenvalue weighted by Gasteiger charge is 2.22. The zero-order valence-electron chi connectivity index (χ0n) is 10.1. The first-order valence-corrected chi connectivity index (χ1v) is 5.53. The summed E-state index contributed by atoms with van der Waals surface area (Å²) < 4.78 is 0. The van der Waals surface area contributed by atoms with Crippen molar-refractivity contribution in [3.05, 3.63) is 35.9 Å². The molecule has 1 aromatic carbocycles. The molecule has 1 aromatic rings. The number of amides is 2. The Labute approximate surface area is 105 Å². The van der Waals surface area contributed by atoms with Gasteiger partial charge in [0.15, 0.2) is 0 Å². The minimum Gasteiger partial charge on any atom is -0.394 e. The third-order valence-corrected chi connectivity index (χ3v) is 2.50. The van der Waals surface area contributed by atoms with Crippen LogP contribution in [0.15, 0.2) is 30.3 Å². The summed E-state index contributed by atoms with van der Waals surface area (Å²) in [6, 6.07) is 6.93. The maximum absolute atomic E-state index is 11.8. The standard InChI is InChI=1S/C12H17N3O3/c1-14-11(17)9(7-16)15-12(18)10(13)8-5-3-2-4-6-8/h2-6,9-10,16H,7,13H2,1H3,(H,14,17)(H,15,18). The van der Waals surface area contributed by atoms with E-state index in [9.17, 15) is 9.59 Å². The van der Waals surface area contributed by atoms with Crippen LogP contribution in [0.5, 0.6) is 0 Å². The van der Waals surface area contributed by atoms with E-state index in [1.54, 1.807) is 24.3 Å². The Balaban J connectivity index is 2.67. The van der Waals surface area contributed by atoms with E-state index in [-0.39, 0.29) is 0 Å². The van der Waals surface area contributed by atoms with Gasteiger partial charge in [-0.2, -0.15) is 0 Å². The average molecular weight is 251 g/mol. The van der Waals surface area contributed by atoms with Gasteiger partial charge in [-0.1, -0.05) is 30.3 Å². The topological polar surface area (TPSA) is 104 Å². The Morgan fingerprint density at radius 1 is 1.28 bits per heavy atom. The normalized spacial score (nSPS) is 13.5. The van der Waals surface area contributed by atoms with Crippen molar-refractivity contribution in [1.82, 2.24) is 10.6 Å². The highest BCUT2D eigenvalue weighted by atomic mass is 16.3. The Bertz CT molecular complexity index is 408. The van der Waals surface area contributed by atoms with E-state index >= 15 is 0 Å². The molecule has 0 aliphatic carbocycles. The number of hydrogen-bond donors (Lipinski definition) is 4. The van der Waals surface area contributed by atoms with Gasteiger partial charge < -0.3 is 21.5 Å². The van der Waals surface area contributed by atoms with Crippen LogP contribution in [0.4, 0.5) is 0 Å². The van der Waals surface area contributed by atoms with Gasteiger partial charge in [0, 0.05) is 7.05 Å². The predicted molar refractivity (Wildman–Crippen MR) is 66.5 cm³/mol. The summed E-state index contributed by atoms with van der Waals surface area (Å²) in [6.45, 7) is -0.479. The van der Waals surface area contributed by atoms with Crippen molar-refractivity contribution < 1.29 is 14.7 Å². The number of nitrogens with one attached hydrogen (secondary N) is 2. The second-order valence-corrected chi connectivity index (χ2v) is 3.75. The van der Waals surface area contributed by atoms with Crippen LogP contribution in [0.2, 0.25) is 0 Å². The molecule has 0 saturated carbocycles. The summed E-state index contributed by atoms with van der Waals surface area (Å²) >= 11 is 0. The van der Waals surface area contributed by atoms with Crippen LogP contribution in [0.3, 0.4) is 0 Å². The Morgan fingerprint density at radius 3 is 2.39 bits per heavy atom. The number of carbonyl (C=O) groups excluding carboxylic acids is 2. The largest absolute Gasteiger partial charge is 0.394 e. The third kappa shape index (κ3) is 3.54. The first-order valence-electron chi connectivity index (χ1n) is 5.53. The molecule has 1 rings (SSSR count). The number of aliphatic hydroxyl groups excluding tert-OH is 1. The van der Waals surface area contributed by atoms with Gasteiger partial charge in [-0.3, -0.25) is 9.59 Å². The van der Waals surface area contributed by atoms with Gasteiger partial charge in [-0.15, -0.1) is 0 Å². The molecule has 0 aromatic heterocycles. The molecular weight excluding hydrogens is 234 g/mol. The minimum absolute atomic E-state index is 0.467. The fourth-order valence-electron chi connectivity index (χ4n) is 1.44. The van der Waals surface area contributed by atoms with Crippen molar-refractivity contribution in [3.63, 3.8) is 0 Å². The van der Waals surface area contributed by atoms with Gasteiger partial charge in [-0.05, 0) is 5.56 Å². The number of nitrogens with two attached hydrogens (primary N) is 1. The fourth-order valence-corrected chi connectivity index (χ4v) is 1.44. The van der Waals surface area contributed by atoms with Crippen LogP contribution >= 0.6 is 0 Å². The van der Waals surface area contributed by atoms with E-state index in [1.807, 2.05) is 6.07 Å². The lowest BCUT2D eigenvalue weighted by Gasteiger charge is -2.18. The molecule has 5 N–H and O–H groups in total. The molecule has 0 aliphatic heterocycles. The first-order chi connectivity index (χ1) is 8.60. The van der Waals surface area contributed by atoms with Crippen LogP contribution < -0.4 is 16.4 Å². The molecule has 0 saturated heterocycles. The van der Waals surface area contributed by atoms with Gasteiger partial charge in [0.25, 0.3) is 0 Å². The van der Waals surface area contributed by atoms with Crippen LogP contribution in [0.1, 0.15) is 11.6 Å². The average Bonchev–Trinajstić information content (AvgIpc) is 2.43. The third-order valence-electron chi connectivity index (χ3n) is 2.50. The molecule has 0 spiro atoms. The van der Waals surface area contributed by atoms with Gasteiger partial charge in [-0.25, -0.2) is 0 Å². The molecule has 0 bridgehead atoms. The summed E-state index contributed by atoms with van der Waals surface area (Å²) in [7, 11) is 1.42. The molecular formula is C12H17N3O3. The van der Waals surface area contributed by atoms with Crippen LogP contribution in [-0.4, -0.2) is 36.6 Å². The highest BCUT2D eigenvalue weighted by Crippen LogP contribution is 2.09. The molecule has 0 fully saturated rings. The summed E-state index contributed by atoms with van der Waals surface area (Å²) in [5, 5.41) is 13.7. The van der Waals surface area contributed by atoms with Crippen molar-refractivity contribution in [2.24, 2.45) is 5.73 Å². The number of benzene rings is 1. The van der Waals surface area contributed by atoms with Gasteiger partial charge in [0.1, 0.15) is 12.1 Å². The molecule has 0 heterocycles. The summed E-state index contributed by atoms with van der Waals surface area (Å²) in [6.07, 6.45) is 0. The fraction of sp³-hybridized carbons (Fsp3) is 0.333. The highest BCUT2D eigenvalue weighted by molar-refractivity contribution is 5.90. The smallest absolute Gasteiger partial charge is 0.244 e. The lowest BCUT2D eigenvalue weighted by atomic mass is 10.1. The lowest BCUT2D eigenvalue weighted by molar-refractivity contribution is -0.130. The first kappa shape index (κ1) is 14.1. The monoisotopic (exact) mass is 251 g/mol. The molecule has 2 amide bonds. The van der Waals surface area contributed by atoms with Crippen LogP contribution in [0, 0.1) is 0 Å². The SMILES string of the molecule is CNC(=O)C(CO)NC(=O)C(N)c1ccccc1. The number of likely N-dealkylation sites (N-methyl/N-ethyl adjacent to an activating group) is 1. The molecule has 98 valence electrons. The molecule has 0 aliphatic rings. The molecule has 6 heteroatoms. The van der Waals surface area contributed by atoms with Crippen molar-refractivity contribution in [2.75, 3.05) is 13.7 Å². The van der Waals surface area contributed by atoms with Crippen LogP contribution in [-0.2, 0) is 9.59 Å². The van der Waals surface area contributed by atoms with Crippen molar-refractivity contribution in [2.45, 2.75) is 12.1 Å². The predicted octanol–water partition coefficient (Wildman–Crippen LogP) is -1.09. The molecule has 2 atom stereocenters. The maximum atomic E-state index is 11.8. The molecule has 0 radical (unpaired) electrons. The maximum Gasteiger partial charge on any atom is 0.244 e. The van der Waals surface area contributed by atoms with Crippen molar-refractivity contribution >= 4 is 11.8 Å². The van der Waals surface area contributed by atoms with Crippen LogP contribution in [0.25, 0.3) is 0 Å². The zero-order chi connectivity index (χ0) is 13.5.